The summed E-state index contributed by atoms with van der Waals surface area (Å²) in [6.45, 7) is 2.38. The van der Waals surface area contributed by atoms with Crippen LogP contribution in [0.15, 0.2) is 54.6 Å². The number of hydrogen-bond acceptors (Lipinski definition) is 3. The maximum atomic E-state index is 9.08. The first kappa shape index (κ1) is 15.1. The minimum atomic E-state index is -0.538. The van der Waals surface area contributed by atoms with Crippen molar-refractivity contribution in [3.05, 3.63) is 54.6 Å². The zero-order valence-corrected chi connectivity index (χ0v) is 12.5. The van der Waals surface area contributed by atoms with E-state index in [0.29, 0.717) is 13.0 Å². The SMILES string of the molecule is CNC(C)(C#N)CCOc1ccc(-c2ccccc2)cc1. The van der Waals surface area contributed by atoms with Crippen LogP contribution in [0.2, 0.25) is 0 Å². The Hall–Kier alpha value is -2.31. The lowest BCUT2D eigenvalue weighted by Gasteiger charge is -2.20. The van der Waals surface area contributed by atoms with Gasteiger partial charge in [-0.15, -0.1) is 0 Å². The molecule has 1 atom stereocenters. The normalized spacial score (nSPS) is 13.2. The van der Waals surface area contributed by atoms with Crippen LogP contribution in [0.4, 0.5) is 0 Å². The quantitative estimate of drug-likeness (QED) is 0.879. The van der Waals surface area contributed by atoms with Gasteiger partial charge in [0.15, 0.2) is 0 Å². The van der Waals surface area contributed by atoms with Gasteiger partial charge in [0.05, 0.1) is 12.7 Å². The van der Waals surface area contributed by atoms with Crippen molar-refractivity contribution >= 4 is 0 Å². The Morgan fingerprint density at radius 2 is 1.67 bits per heavy atom. The number of rotatable bonds is 6. The van der Waals surface area contributed by atoms with Gasteiger partial charge in [0.1, 0.15) is 11.3 Å². The second-order valence-electron chi connectivity index (χ2n) is 5.18. The van der Waals surface area contributed by atoms with E-state index in [-0.39, 0.29) is 0 Å². The highest BCUT2D eigenvalue weighted by molar-refractivity contribution is 5.63. The molecule has 2 aromatic rings. The Morgan fingerprint density at radius 1 is 1.05 bits per heavy atom. The van der Waals surface area contributed by atoms with Crippen molar-refractivity contribution in [1.82, 2.24) is 5.32 Å². The van der Waals surface area contributed by atoms with Gasteiger partial charge in [-0.05, 0) is 37.2 Å². The number of nitrogens with zero attached hydrogens (tertiary/aromatic N) is 1. The predicted molar refractivity (Wildman–Crippen MR) is 85.1 cm³/mol. The van der Waals surface area contributed by atoms with Gasteiger partial charge in [-0.1, -0.05) is 42.5 Å². The average Bonchev–Trinajstić information content (AvgIpc) is 2.56. The Balaban J connectivity index is 1.93. The molecule has 0 aliphatic heterocycles. The fourth-order valence-electron chi connectivity index (χ4n) is 1.98. The van der Waals surface area contributed by atoms with Crippen LogP contribution < -0.4 is 10.1 Å². The van der Waals surface area contributed by atoms with Crippen molar-refractivity contribution in [3.63, 3.8) is 0 Å². The molecule has 21 heavy (non-hydrogen) atoms. The van der Waals surface area contributed by atoms with Crippen LogP contribution >= 0.6 is 0 Å². The van der Waals surface area contributed by atoms with Crippen LogP contribution in [0.1, 0.15) is 13.3 Å². The third kappa shape index (κ3) is 4.08. The smallest absolute Gasteiger partial charge is 0.119 e. The molecule has 2 rings (SSSR count). The largest absolute Gasteiger partial charge is 0.493 e. The minimum Gasteiger partial charge on any atom is -0.493 e. The summed E-state index contributed by atoms with van der Waals surface area (Å²) in [5.74, 6) is 0.825. The Bertz CT molecular complexity index is 601. The molecule has 0 aromatic heterocycles. The molecule has 3 nitrogen and oxygen atoms in total. The van der Waals surface area contributed by atoms with Crippen molar-refractivity contribution < 1.29 is 4.74 Å². The Morgan fingerprint density at radius 3 is 2.24 bits per heavy atom. The summed E-state index contributed by atoms with van der Waals surface area (Å²) in [5.41, 5.74) is 1.82. The molecule has 1 unspecified atom stereocenters. The van der Waals surface area contributed by atoms with E-state index in [1.807, 2.05) is 49.4 Å². The lowest BCUT2D eigenvalue weighted by molar-refractivity contribution is 0.273. The van der Waals surface area contributed by atoms with E-state index in [2.05, 4.69) is 23.5 Å². The molecule has 2 aromatic carbocycles. The molecule has 0 saturated heterocycles. The maximum Gasteiger partial charge on any atom is 0.119 e. The van der Waals surface area contributed by atoms with Crippen molar-refractivity contribution in [1.29, 1.82) is 5.26 Å². The molecular formula is C18H20N2O. The summed E-state index contributed by atoms with van der Waals surface area (Å²) in [5, 5.41) is 12.1. The Labute approximate surface area is 126 Å². The molecule has 108 valence electrons. The standard InChI is InChI=1S/C18H20N2O/c1-18(14-19,20-2)12-13-21-17-10-8-16(9-11-17)15-6-4-3-5-7-15/h3-11,20H,12-13H2,1-2H3. The number of nitriles is 1. The molecule has 0 spiro atoms. The van der Waals surface area contributed by atoms with Crippen LogP contribution in [0.25, 0.3) is 11.1 Å². The Kier molecular flexibility index (Phi) is 4.97. The molecular weight excluding hydrogens is 260 g/mol. The number of nitrogens with one attached hydrogen (secondary N) is 1. The molecule has 0 fully saturated rings. The summed E-state index contributed by atoms with van der Waals surface area (Å²) in [7, 11) is 1.79. The summed E-state index contributed by atoms with van der Waals surface area (Å²) in [6.07, 6.45) is 0.639. The second-order valence-corrected chi connectivity index (χ2v) is 5.18. The van der Waals surface area contributed by atoms with Gasteiger partial charge in [-0.2, -0.15) is 5.26 Å². The molecule has 0 aliphatic carbocycles. The molecule has 1 N–H and O–H groups in total. The van der Waals surface area contributed by atoms with E-state index in [1.165, 1.54) is 11.1 Å². The first-order valence-electron chi connectivity index (χ1n) is 7.05. The maximum absolute atomic E-state index is 9.08. The van der Waals surface area contributed by atoms with Crippen LogP contribution in [0, 0.1) is 11.3 Å². The van der Waals surface area contributed by atoms with Gasteiger partial charge >= 0.3 is 0 Å². The molecule has 0 heterocycles. The van der Waals surface area contributed by atoms with Gasteiger partial charge in [0.2, 0.25) is 0 Å². The van der Waals surface area contributed by atoms with E-state index in [9.17, 15) is 0 Å². The highest BCUT2D eigenvalue weighted by atomic mass is 16.5. The summed E-state index contributed by atoms with van der Waals surface area (Å²) < 4.78 is 5.71. The molecule has 0 saturated carbocycles. The zero-order valence-electron chi connectivity index (χ0n) is 12.5. The van der Waals surface area contributed by atoms with E-state index in [1.54, 1.807) is 7.05 Å². The van der Waals surface area contributed by atoms with Crippen LogP contribution in [-0.2, 0) is 0 Å². The third-order valence-corrected chi connectivity index (χ3v) is 3.63. The fourth-order valence-corrected chi connectivity index (χ4v) is 1.98. The molecule has 0 aliphatic rings. The lowest BCUT2D eigenvalue weighted by atomic mass is 10.0. The van der Waals surface area contributed by atoms with Crippen LogP contribution in [0.3, 0.4) is 0 Å². The van der Waals surface area contributed by atoms with Gasteiger partial charge in [0.25, 0.3) is 0 Å². The highest BCUT2D eigenvalue weighted by Crippen LogP contribution is 2.22. The van der Waals surface area contributed by atoms with Gasteiger partial charge in [-0.3, -0.25) is 0 Å². The van der Waals surface area contributed by atoms with E-state index < -0.39 is 5.54 Å². The summed E-state index contributed by atoms with van der Waals surface area (Å²) in [6, 6.07) is 20.5. The van der Waals surface area contributed by atoms with Crippen LogP contribution in [0.5, 0.6) is 5.75 Å². The van der Waals surface area contributed by atoms with Crippen molar-refractivity contribution in [2.45, 2.75) is 18.9 Å². The van der Waals surface area contributed by atoms with E-state index in [0.717, 1.165) is 5.75 Å². The van der Waals surface area contributed by atoms with Gasteiger partial charge < -0.3 is 10.1 Å². The molecule has 0 radical (unpaired) electrons. The highest BCUT2D eigenvalue weighted by Gasteiger charge is 2.20. The number of hydrogen-bond donors (Lipinski definition) is 1. The molecule has 3 heteroatoms. The predicted octanol–water partition coefficient (Wildman–Crippen LogP) is 3.62. The average molecular weight is 280 g/mol. The minimum absolute atomic E-state index is 0.510. The lowest BCUT2D eigenvalue weighted by Crippen LogP contribution is -2.39. The third-order valence-electron chi connectivity index (χ3n) is 3.63. The van der Waals surface area contributed by atoms with Crippen molar-refractivity contribution in [2.24, 2.45) is 0 Å². The topological polar surface area (TPSA) is 45.0 Å². The monoisotopic (exact) mass is 280 g/mol. The van der Waals surface area contributed by atoms with Gasteiger partial charge in [0, 0.05) is 6.42 Å². The van der Waals surface area contributed by atoms with Crippen LogP contribution in [-0.4, -0.2) is 19.2 Å². The number of benzene rings is 2. The van der Waals surface area contributed by atoms with Gasteiger partial charge in [-0.25, -0.2) is 0 Å². The first-order valence-corrected chi connectivity index (χ1v) is 7.05. The summed E-state index contributed by atoms with van der Waals surface area (Å²) >= 11 is 0. The zero-order chi connectivity index (χ0) is 15.1. The van der Waals surface area contributed by atoms with E-state index >= 15 is 0 Å². The van der Waals surface area contributed by atoms with E-state index in [4.69, 9.17) is 10.00 Å². The van der Waals surface area contributed by atoms with Crippen molar-refractivity contribution in [3.8, 4) is 22.9 Å². The summed E-state index contributed by atoms with van der Waals surface area (Å²) in [4.78, 5) is 0. The fraction of sp³-hybridized carbons (Fsp3) is 0.278. The van der Waals surface area contributed by atoms with Crippen molar-refractivity contribution in [2.75, 3.05) is 13.7 Å². The first-order chi connectivity index (χ1) is 10.2. The second kappa shape index (κ2) is 6.92. The molecule has 0 bridgehead atoms. The number of ether oxygens (including phenoxy) is 1. The molecule has 0 amide bonds.